The van der Waals surface area contributed by atoms with Crippen molar-refractivity contribution in [1.29, 1.82) is 0 Å². The number of halogens is 1. The molecule has 20 heavy (non-hydrogen) atoms. The predicted molar refractivity (Wildman–Crippen MR) is 76.0 cm³/mol. The molecule has 5 nitrogen and oxygen atoms in total. The molecule has 1 aliphatic rings. The highest BCUT2D eigenvalue weighted by molar-refractivity contribution is 5.97. The van der Waals surface area contributed by atoms with Crippen molar-refractivity contribution >= 4 is 11.6 Å². The third-order valence-electron chi connectivity index (χ3n) is 3.43. The average Bonchev–Trinajstić information content (AvgIpc) is 3.04. The Hall–Kier alpha value is -2.37. The molecular weight excluding hydrogens is 257 g/mol. The highest BCUT2D eigenvalue weighted by atomic mass is 19.1. The Kier molecular flexibility index (Phi) is 3.14. The van der Waals surface area contributed by atoms with Crippen LogP contribution in [0.3, 0.4) is 0 Å². The molecule has 2 N–H and O–H groups in total. The van der Waals surface area contributed by atoms with E-state index in [0.29, 0.717) is 18.2 Å². The quantitative estimate of drug-likeness (QED) is 0.929. The van der Waals surface area contributed by atoms with Crippen LogP contribution in [0.15, 0.2) is 41.7 Å². The van der Waals surface area contributed by atoms with Gasteiger partial charge in [0.15, 0.2) is 5.96 Å². The summed E-state index contributed by atoms with van der Waals surface area (Å²) in [6.45, 7) is 3.39. The maximum atomic E-state index is 13.4. The second kappa shape index (κ2) is 4.96. The number of hydrogen-bond acceptors (Lipinski definition) is 4. The van der Waals surface area contributed by atoms with Gasteiger partial charge in [0.25, 0.3) is 0 Å². The molecule has 0 saturated heterocycles. The van der Waals surface area contributed by atoms with Gasteiger partial charge in [-0.3, -0.25) is 9.67 Å². The first kappa shape index (κ1) is 12.7. The van der Waals surface area contributed by atoms with Gasteiger partial charge in [-0.1, -0.05) is 6.07 Å². The lowest BCUT2D eigenvalue weighted by molar-refractivity contribution is 0.626. The van der Waals surface area contributed by atoms with Crippen LogP contribution in [0, 0.1) is 5.82 Å². The van der Waals surface area contributed by atoms with E-state index < -0.39 is 0 Å². The van der Waals surface area contributed by atoms with Crippen molar-refractivity contribution in [3.05, 3.63) is 48.0 Å². The van der Waals surface area contributed by atoms with Crippen LogP contribution in [0.4, 0.5) is 10.1 Å². The van der Waals surface area contributed by atoms with Gasteiger partial charge in [0.1, 0.15) is 5.82 Å². The van der Waals surface area contributed by atoms with E-state index in [1.54, 1.807) is 6.07 Å². The summed E-state index contributed by atoms with van der Waals surface area (Å²) in [7, 11) is 0. The molecule has 1 aromatic heterocycles. The zero-order chi connectivity index (χ0) is 14.1. The molecule has 0 fully saturated rings. The van der Waals surface area contributed by atoms with E-state index in [0.717, 1.165) is 12.1 Å². The average molecular weight is 273 g/mol. The maximum Gasteiger partial charge on any atom is 0.196 e. The first-order chi connectivity index (χ1) is 9.69. The molecule has 2 aromatic rings. The number of guanidine groups is 1. The summed E-state index contributed by atoms with van der Waals surface area (Å²) in [6, 6.07) is 6.34. The van der Waals surface area contributed by atoms with Crippen LogP contribution in [0.5, 0.6) is 0 Å². The summed E-state index contributed by atoms with van der Waals surface area (Å²) in [4.78, 5) is 6.12. The number of aryl methyl sites for hydroxylation is 1. The summed E-state index contributed by atoms with van der Waals surface area (Å²) in [5, 5.41) is 4.27. The molecule has 3 rings (SSSR count). The molecule has 0 saturated carbocycles. The Balaban J connectivity index is 1.96. The maximum absolute atomic E-state index is 13.4. The zero-order valence-electron chi connectivity index (χ0n) is 11.2. The smallest absolute Gasteiger partial charge is 0.196 e. The molecule has 1 unspecified atom stereocenters. The van der Waals surface area contributed by atoms with Gasteiger partial charge in [0, 0.05) is 24.0 Å². The number of nitrogens with zero attached hydrogens (tertiary/aromatic N) is 4. The lowest BCUT2D eigenvalue weighted by Gasteiger charge is -2.25. The summed E-state index contributed by atoms with van der Waals surface area (Å²) >= 11 is 0. The number of nitrogens with two attached hydrogens (primary N) is 1. The molecule has 0 aliphatic carbocycles. The molecule has 0 bridgehead atoms. The van der Waals surface area contributed by atoms with E-state index in [2.05, 4.69) is 10.1 Å². The predicted octanol–water partition coefficient (Wildman–Crippen LogP) is 1.92. The van der Waals surface area contributed by atoms with E-state index in [9.17, 15) is 4.39 Å². The first-order valence-electron chi connectivity index (χ1n) is 6.56. The fourth-order valence-electron chi connectivity index (χ4n) is 2.41. The van der Waals surface area contributed by atoms with Gasteiger partial charge in [-0.05, 0) is 25.1 Å². The number of aromatic nitrogens is 2. The van der Waals surface area contributed by atoms with Gasteiger partial charge in [0.2, 0.25) is 0 Å². The van der Waals surface area contributed by atoms with E-state index in [1.807, 2.05) is 35.0 Å². The van der Waals surface area contributed by atoms with Crippen LogP contribution in [-0.4, -0.2) is 22.3 Å². The zero-order valence-corrected chi connectivity index (χ0v) is 11.2. The minimum absolute atomic E-state index is 0.0305. The minimum Gasteiger partial charge on any atom is -0.369 e. The number of hydrogen-bond donors (Lipinski definition) is 1. The monoisotopic (exact) mass is 273 g/mol. The van der Waals surface area contributed by atoms with Gasteiger partial charge in [-0.25, -0.2) is 4.39 Å². The van der Waals surface area contributed by atoms with Crippen LogP contribution in [0.1, 0.15) is 18.5 Å². The van der Waals surface area contributed by atoms with Crippen molar-refractivity contribution in [2.24, 2.45) is 10.7 Å². The Morgan fingerprint density at radius 2 is 2.30 bits per heavy atom. The SMILES string of the molecule is CCn1cc(C2CN=C(N)N2c2cccc(F)c2)cn1. The molecule has 104 valence electrons. The molecule has 6 heteroatoms. The number of benzene rings is 1. The van der Waals surface area contributed by atoms with Gasteiger partial charge in [-0.2, -0.15) is 5.10 Å². The van der Waals surface area contributed by atoms with Crippen molar-refractivity contribution in [3.8, 4) is 0 Å². The Bertz CT molecular complexity index is 649. The summed E-state index contributed by atoms with van der Waals surface area (Å²) in [6.07, 6.45) is 3.79. The third-order valence-corrected chi connectivity index (χ3v) is 3.43. The Morgan fingerprint density at radius 1 is 1.45 bits per heavy atom. The van der Waals surface area contributed by atoms with Gasteiger partial charge >= 0.3 is 0 Å². The van der Waals surface area contributed by atoms with Crippen LogP contribution in [-0.2, 0) is 6.54 Å². The lowest BCUT2D eigenvalue weighted by Crippen LogP contribution is -2.36. The second-order valence-corrected chi connectivity index (χ2v) is 4.69. The standard InChI is InChI=1S/C14H16FN5/c1-2-19-9-10(7-18-19)13-8-17-14(16)20(13)12-5-3-4-11(15)6-12/h3-7,9,13H,2,8H2,1H3,(H2,16,17). The van der Waals surface area contributed by atoms with Crippen molar-refractivity contribution < 1.29 is 4.39 Å². The third kappa shape index (κ3) is 2.13. The van der Waals surface area contributed by atoms with Gasteiger partial charge < -0.3 is 10.6 Å². The number of rotatable bonds is 3. The van der Waals surface area contributed by atoms with E-state index in [-0.39, 0.29) is 11.9 Å². The molecule has 2 heterocycles. The fraction of sp³-hybridized carbons (Fsp3) is 0.286. The number of aliphatic imine (C=N–C) groups is 1. The van der Waals surface area contributed by atoms with Crippen LogP contribution in [0.25, 0.3) is 0 Å². The summed E-state index contributed by atoms with van der Waals surface area (Å²) in [5.41, 5.74) is 7.69. The van der Waals surface area contributed by atoms with Crippen molar-refractivity contribution in [2.75, 3.05) is 11.4 Å². The van der Waals surface area contributed by atoms with E-state index in [1.165, 1.54) is 12.1 Å². The van der Waals surface area contributed by atoms with Crippen LogP contribution < -0.4 is 10.6 Å². The highest BCUT2D eigenvalue weighted by Gasteiger charge is 2.29. The van der Waals surface area contributed by atoms with Crippen molar-refractivity contribution in [3.63, 3.8) is 0 Å². The topological polar surface area (TPSA) is 59.4 Å². The summed E-state index contributed by atoms with van der Waals surface area (Å²) in [5.74, 6) is 0.120. The largest absolute Gasteiger partial charge is 0.369 e. The number of anilines is 1. The second-order valence-electron chi connectivity index (χ2n) is 4.69. The minimum atomic E-state index is -0.287. The lowest BCUT2D eigenvalue weighted by atomic mass is 10.1. The molecule has 0 spiro atoms. The summed E-state index contributed by atoms with van der Waals surface area (Å²) < 4.78 is 15.3. The molecule has 1 aliphatic heterocycles. The molecule has 0 amide bonds. The van der Waals surface area contributed by atoms with Crippen molar-refractivity contribution in [2.45, 2.75) is 19.5 Å². The normalized spacial score (nSPS) is 18.4. The Labute approximate surface area is 116 Å². The van der Waals surface area contributed by atoms with E-state index >= 15 is 0 Å². The van der Waals surface area contributed by atoms with E-state index in [4.69, 9.17) is 5.73 Å². The molecule has 0 radical (unpaired) electrons. The Morgan fingerprint density at radius 3 is 3.00 bits per heavy atom. The first-order valence-corrected chi connectivity index (χ1v) is 6.56. The van der Waals surface area contributed by atoms with Crippen LogP contribution in [0.2, 0.25) is 0 Å². The van der Waals surface area contributed by atoms with Gasteiger partial charge in [-0.15, -0.1) is 0 Å². The molecular formula is C14H16FN5. The van der Waals surface area contributed by atoms with Crippen LogP contribution >= 0.6 is 0 Å². The van der Waals surface area contributed by atoms with Crippen molar-refractivity contribution in [1.82, 2.24) is 9.78 Å². The molecule has 1 aromatic carbocycles. The highest BCUT2D eigenvalue weighted by Crippen LogP contribution is 2.31. The van der Waals surface area contributed by atoms with Gasteiger partial charge in [0.05, 0.1) is 18.8 Å². The fourth-order valence-corrected chi connectivity index (χ4v) is 2.41. The molecule has 1 atom stereocenters.